The summed E-state index contributed by atoms with van der Waals surface area (Å²) in [6.07, 6.45) is 1.88. The lowest BCUT2D eigenvalue weighted by molar-refractivity contribution is 0.0209. The van der Waals surface area contributed by atoms with Crippen LogP contribution < -0.4 is 0 Å². The van der Waals surface area contributed by atoms with Gasteiger partial charge < -0.3 is 9.64 Å². The molecule has 2 atom stereocenters. The second kappa shape index (κ2) is 3.26. The number of carbonyl (C=O) groups excluding carboxylic acids is 1. The van der Waals surface area contributed by atoms with Gasteiger partial charge in [0.25, 0.3) is 0 Å². The molecule has 0 aromatic rings. The molecule has 0 spiro atoms. The lowest BCUT2D eigenvalue weighted by Crippen LogP contribution is -2.41. The summed E-state index contributed by atoms with van der Waals surface area (Å²) in [5, 5.41) is 0. The van der Waals surface area contributed by atoms with Crippen molar-refractivity contribution in [1.29, 1.82) is 0 Å². The van der Waals surface area contributed by atoms with Crippen molar-refractivity contribution >= 4 is 6.09 Å². The largest absolute Gasteiger partial charge is 0.444 e. The van der Waals surface area contributed by atoms with E-state index in [1.807, 2.05) is 25.7 Å². The number of fused-ring (bicyclic) bond motifs is 2. The quantitative estimate of drug-likeness (QED) is 0.574. The Kier molecular flexibility index (Phi) is 2.28. The summed E-state index contributed by atoms with van der Waals surface area (Å²) in [6, 6.07) is 0.345. The highest BCUT2D eigenvalue weighted by Gasteiger charge is 2.43. The molecule has 3 nitrogen and oxygen atoms in total. The van der Waals surface area contributed by atoms with E-state index in [1.165, 1.54) is 5.57 Å². The van der Waals surface area contributed by atoms with Crippen molar-refractivity contribution in [2.75, 3.05) is 6.54 Å². The van der Waals surface area contributed by atoms with E-state index < -0.39 is 5.60 Å². The van der Waals surface area contributed by atoms with E-state index in [-0.39, 0.29) is 6.09 Å². The lowest BCUT2D eigenvalue weighted by Gasteiger charge is -2.30. The summed E-state index contributed by atoms with van der Waals surface area (Å²) < 4.78 is 5.37. The van der Waals surface area contributed by atoms with Crippen molar-refractivity contribution in [3.05, 3.63) is 12.2 Å². The normalized spacial score (nSPS) is 29.8. The van der Waals surface area contributed by atoms with Gasteiger partial charge in [0, 0.05) is 12.6 Å². The molecule has 2 fully saturated rings. The van der Waals surface area contributed by atoms with Gasteiger partial charge in [-0.2, -0.15) is 0 Å². The van der Waals surface area contributed by atoms with Crippen molar-refractivity contribution in [3.8, 4) is 0 Å². The Balaban J connectivity index is 1.97. The molecule has 2 aliphatic rings. The average molecular weight is 209 g/mol. The molecule has 1 saturated carbocycles. The molecule has 0 aromatic carbocycles. The zero-order valence-electron chi connectivity index (χ0n) is 9.75. The molecule has 1 amide bonds. The molecule has 1 saturated heterocycles. The topological polar surface area (TPSA) is 29.5 Å². The summed E-state index contributed by atoms with van der Waals surface area (Å²) in [5.74, 6) is 0.516. The van der Waals surface area contributed by atoms with Gasteiger partial charge in [0.15, 0.2) is 0 Å². The molecule has 1 heterocycles. The molecular weight excluding hydrogens is 190 g/mol. The molecule has 1 aliphatic heterocycles. The summed E-state index contributed by atoms with van der Waals surface area (Å²) in [7, 11) is 0. The Morgan fingerprint density at radius 2 is 2.20 bits per heavy atom. The maximum atomic E-state index is 11.8. The van der Waals surface area contributed by atoms with Crippen LogP contribution in [0.2, 0.25) is 0 Å². The van der Waals surface area contributed by atoms with E-state index in [0.717, 1.165) is 19.4 Å². The molecule has 0 aromatic heterocycles. The molecule has 1 aliphatic carbocycles. The Bertz CT molecular complexity index is 303. The van der Waals surface area contributed by atoms with Gasteiger partial charge in [-0.1, -0.05) is 12.2 Å². The number of likely N-dealkylation sites (tertiary alicyclic amines) is 1. The highest BCUT2D eigenvalue weighted by atomic mass is 16.6. The average Bonchev–Trinajstić information content (AvgIpc) is 2.58. The molecule has 84 valence electrons. The predicted molar refractivity (Wildman–Crippen MR) is 58.6 cm³/mol. The van der Waals surface area contributed by atoms with Crippen LogP contribution in [0.15, 0.2) is 12.2 Å². The van der Waals surface area contributed by atoms with E-state index in [1.54, 1.807) is 0 Å². The van der Waals surface area contributed by atoms with E-state index in [9.17, 15) is 4.79 Å². The van der Waals surface area contributed by atoms with Crippen molar-refractivity contribution in [3.63, 3.8) is 0 Å². The van der Waals surface area contributed by atoms with E-state index in [0.29, 0.717) is 12.0 Å². The fourth-order valence-electron chi connectivity index (χ4n) is 2.42. The molecule has 3 heteroatoms. The maximum Gasteiger partial charge on any atom is 0.410 e. The number of ether oxygens (including phenoxy) is 1. The fourth-order valence-corrected chi connectivity index (χ4v) is 2.42. The van der Waals surface area contributed by atoms with Gasteiger partial charge >= 0.3 is 6.09 Å². The minimum atomic E-state index is -0.393. The summed E-state index contributed by atoms with van der Waals surface area (Å²) in [4.78, 5) is 13.7. The van der Waals surface area contributed by atoms with Crippen LogP contribution in [-0.2, 0) is 4.74 Å². The third-order valence-corrected chi connectivity index (χ3v) is 3.12. The van der Waals surface area contributed by atoms with Gasteiger partial charge in [0.05, 0.1) is 0 Å². The van der Waals surface area contributed by atoms with Crippen molar-refractivity contribution in [2.24, 2.45) is 5.92 Å². The van der Waals surface area contributed by atoms with E-state index >= 15 is 0 Å². The zero-order chi connectivity index (χ0) is 11.2. The van der Waals surface area contributed by atoms with Crippen LogP contribution in [0.25, 0.3) is 0 Å². The van der Waals surface area contributed by atoms with Crippen LogP contribution in [0.1, 0.15) is 33.6 Å². The zero-order valence-corrected chi connectivity index (χ0v) is 9.75. The number of hydrogen-bond acceptors (Lipinski definition) is 2. The molecule has 0 N–H and O–H groups in total. The Labute approximate surface area is 91.1 Å². The number of piperidine rings is 1. The first-order valence-electron chi connectivity index (χ1n) is 5.54. The number of hydrogen-bond donors (Lipinski definition) is 0. The standard InChI is InChI=1S/C12H19NO2/c1-8-5-10-6-9(8)7-13(10)11(14)15-12(2,3)4/h9-10H,1,5-7H2,2-4H3. The SMILES string of the molecule is C=C1CC2CC1CN2C(=O)OC(C)(C)C. The lowest BCUT2D eigenvalue weighted by atomic mass is 10.0. The number of amides is 1. The number of nitrogens with zero attached hydrogens (tertiary/aromatic N) is 1. The van der Waals surface area contributed by atoms with E-state index in [2.05, 4.69) is 6.58 Å². The summed E-state index contributed by atoms with van der Waals surface area (Å²) in [5.41, 5.74) is 0.912. The summed E-state index contributed by atoms with van der Waals surface area (Å²) in [6.45, 7) is 10.5. The first-order chi connectivity index (χ1) is 6.87. The Morgan fingerprint density at radius 1 is 1.53 bits per heavy atom. The van der Waals surface area contributed by atoms with Crippen molar-refractivity contribution in [1.82, 2.24) is 4.90 Å². The van der Waals surface area contributed by atoms with Crippen LogP contribution in [0.5, 0.6) is 0 Å². The van der Waals surface area contributed by atoms with Crippen LogP contribution in [0.3, 0.4) is 0 Å². The van der Waals surface area contributed by atoms with Gasteiger partial charge in [-0.15, -0.1) is 0 Å². The van der Waals surface area contributed by atoms with Gasteiger partial charge in [-0.25, -0.2) is 4.79 Å². The number of carbonyl (C=O) groups is 1. The molecule has 2 bridgehead atoms. The third kappa shape index (κ3) is 2.01. The van der Waals surface area contributed by atoms with Crippen LogP contribution in [-0.4, -0.2) is 29.2 Å². The molecule has 2 rings (SSSR count). The maximum absolute atomic E-state index is 11.8. The second-order valence-electron chi connectivity index (χ2n) is 5.58. The van der Waals surface area contributed by atoms with Crippen molar-refractivity contribution < 1.29 is 9.53 Å². The first-order valence-corrected chi connectivity index (χ1v) is 5.54. The summed E-state index contributed by atoms with van der Waals surface area (Å²) >= 11 is 0. The van der Waals surface area contributed by atoms with Gasteiger partial charge in [0.1, 0.15) is 5.60 Å². The Morgan fingerprint density at radius 3 is 2.60 bits per heavy atom. The van der Waals surface area contributed by atoms with Gasteiger partial charge in [-0.3, -0.25) is 0 Å². The van der Waals surface area contributed by atoms with Crippen molar-refractivity contribution in [2.45, 2.75) is 45.3 Å². The third-order valence-electron chi connectivity index (χ3n) is 3.12. The molecule has 2 unspecified atom stereocenters. The second-order valence-corrected chi connectivity index (χ2v) is 5.58. The highest BCUT2D eigenvalue weighted by Crippen LogP contribution is 2.41. The monoisotopic (exact) mass is 209 g/mol. The fraction of sp³-hybridized carbons (Fsp3) is 0.750. The minimum absolute atomic E-state index is 0.164. The van der Waals surface area contributed by atoms with Crippen LogP contribution in [0.4, 0.5) is 4.79 Å². The van der Waals surface area contributed by atoms with E-state index in [4.69, 9.17) is 4.74 Å². The number of rotatable bonds is 0. The molecule has 0 radical (unpaired) electrons. The predicted octanol–water partition coefficient (Wildman–Crippen LogP) is 2.57. The smallest absolute Gasteiger partial charge is 0.410 e. The van der Waals surface area contributed by atoms with Gasteiger partial charge in [-0.05, 0) is 39.5 Å². The molecular formula is C12H19NO2. The first kappa shape index (κ1) is 10.5. The Hall–Kier alpha value is -0.990. The van der Waals surface area contributed by atoms with Crippen LogP contribution >= 0.6 is 0 Å². The highest BCUT2D eigenvalue weighted by molar-refractivity contribution is 5.69. The molecule has 15 heavy (non-hydrogen) atoms. The minimum Gasteiger partial charge on any atom is -0.444 e. The van der Waals surface area contributed by atoms with Crippen LogP contribution in [0, 0.1) is 5.92 Å². The van der Waals surface area contributed by atoms with Gasteiger partial charge in [0.2, 0.25) is 0 Å².